The molecular weight excluding hydrogens is 358 g/mol. The molecule has 8 nitrogen and oxygen atoms in total. The van der Waals surface area contributed by atoms with Crippen LogP contribution in [0.2, 0.25) is 0 Å². The first-order chi connectivity index (χ1) is 12.2. The predicted molar refractivity (Wildman–Crippen MR) is 94.9 cm³/mol. The molecule has 9 heteroatoms. The number of nitrogens with one attached hydrogen (secondary N) is 2. The van der Waals surface area contributed by atoms with Gasteiger partial charge < -0.3 is 15.4 Å². The first-order valence-corrected chi connectivity index (χ1v) is 10.3. The van der Waals surface area contributed by atoms with Crippen molar-refractivity contribution in [2.24, 2.45) is 5.41 Å². The van der Waals surface area contributed by atoms with Gasteiger partial charge in [-0.1, -0.05) is 18.2 Å². The Kier molecular flexibility index (Phi) is 4.94. The van der Waals surface area contributed by atoms with E-state index in [4.69, 9.17) is 4.74 Å². The van der Waals surface area contributed by atoms with E-state index in [2.05, 4.69) is 10.6 Å². The normalized spacial score (nSPS) is 26.1. The number of hydrogen-bond acceptors (Lipinski definition) is 5. The van der Waals surface area contributed by atoms with Crippen LogP contribution in [0.3, 0.4) is 0 Å². The number of para-hydroxylation sites is 1. The van der Waals surface area contributed by atoms with Gasteiger partial charge in [0.05, 0.1) is 18.8 Å². The van der Waals surface area contributed by atoms with Crippen LogP contribution in [0.15, 0.2) is 24.3 Å². The van der Waals surface area contributed by atoms with Crippen molar-refractivity contribution in [3.63, 3.8) is 0 Å². The van der Waals surface area contributed by atoms with E-state index < -0.39 is 21.5 Å². The monoisotopic (exact) mass is 381 g/mol. The number of carbonyl (C=O) groups excluding carboxylic acids is 2. The number of ether oxygens (including phenoxy) is 1. The molecule has 1 spiro atoms. The first kappa shape index (κ1) is 18.7. The minimum Gasteiger partial charge on any atom is -0.496 e. The summed E-state index contributed by atoms with van der Waals surface area (Å²) in [5.74, 6) is 0.152. The molecule has 2 saturated heterocycles. The molecule has 2 fully saturated rings. The maximum Gasteiger partial charge on any atom is 0.242 e. The molecule has 2 heterocycles. The van der Waals surface area contributed by atoms with E-state index in [0.29, 0.717) is 25.1 Å². The van der Waals surface area contributed by atoms with Crippen molar-refractivity contribution in [1.82, 2.24) is 14.9 Å². The zero-order valence-corrected chi connectivity index (χ0v) is 15.6. The molecule has 0 unspecified atom stereocenters. The van der Waals surface area contributed by atoms with E-state index in [1.165, 1.54) is 4.31 Å². The minimum absolute atomic E-state index is 0.133. The van der Waals surface area contributed by atoms with Crippen LogP contribution in [-0.4, -0.2) is 57.0 Å². The Labute approximate surface area is 152 Å². The summed E-state index contributed by atoms with van der Waals surface area (Å²) in [6.45, 7) is 0.730. The van der Waals surface area contributed by atoms with Crippen LogP contribution in [0.1, 0.15) is 18.4 Å². The Morgan fingerprint density at radius 2 is 2.15 bits per heavy atom. The molecule has 2 atom stereocenters. The molecule has 0 aliphatic carbocycles. The highest BCUT2D eigenvalue weighted by Crippen LogP contribution is 2.40. The number of sulfonamides is 1. The highest BCUT2D eigenvalue weighted by Gasteiger charge is 2.53. The lowest BCUT2D eigenvalue weighted by Gasteiger charge is -2.20. The second-order valence-electron chi connectivity index (χ2n) is 6.89. The second-order valence-corrected chi connectivity index (χ2v) is 8.87. The molecule has 2 aliphatic heterocycles. The third kappa shape index (κ3) is 3.54. The van der Waals surface area contributed by atoms with Gasteiger partial charge in [-0.05, 0) is 18.9 Å². The zero-order valence-electron chi connectivity index (χ0n) is 14.8. The Bertz CT molecular complexity index is 825. The number of hydrogen-bond donors (Lipinski definition) is 2. The average Bonchev–Trinajstić information content (AvgIpc) is 3.18. The maximum atomic E-state index is 12.5. The van der Waals surface area contributed by atoms with Gasteiger partial charge in [0, 0.05) is 25.2 Å². The van der Waals surface area contributed by atoms with Crippen molar-refractivity contribution in [3.05, 3.63) is 29.8 Å². The van der Waals surface area contributed by atoms with Gasteiger partial charge in [0.25, 0.3) is 0 Å². The summed E-state index contributed by atoms with van der Waals surface area (Å²) in [6, 6.07) is 6.71. The van der Waals surface area contributed by atoms with Crippen LogP contribution in [-0.2, 0) is 26.2 Å². The summed E-state index contributed by atoms with van der Waals surface area (Å²) >= 11 is 0. The van der Waals surface area contributed by atoms with Crippen molar-refractivity contribution in [3.8, 4) is 5.75 Å². The average molecular weight is 381 g/mol. The molecule has 2 amide bonds. The molecule has 0 saturated carbocycles. The molecule has 0 bridgehead atoms. The fraction of sp³-hybridized carbons (Fsp3) is 0.529. The van der Waals surface area contributed by atoms with Crippen molar-refractivity contribution < 1.29 is 22.7 Å². The van der Waals surface area contributed by atoms with Gasteiger partial charge >= 0.3 is 0 Å². The third-order valence-corrected chi connectivity index (χ3v) is 6.38. The lowest BCUT2D eigenvalue weighted by Crippen LogP contribution is -2.41. The Balaban J connectivity index is 1.63. The topological polar surface area (TPSA) is 105 Å². The Hall–Kier alpha value is -2.13. The van der Waals surface area contributed by atoms with E-state index in [9.17, 15) is 18.0 Å². The summed E-state index contributed by atoms with van der Waals surface area (Å²) in [4.78, 5) is 24.9. The largest absolute Gasteiger partial charge is 0.496 e. The molecular formula is C17H23N3O5S. The Morgan fingerprint density at radius 3 is 2.81 bits per heavy atom. The van der Waals surface area contributed by atoms with E-state index in [1.54, 1.807) is 7.11 Å². The molecule has 2 aliphatic rings. The molecule has 0 radical (unpaired) electrons. The van der Waals surface area contributed by atoms with E-state index in [-0.39, 0.29) is 24.9 Å². The van der Waals surface area contributed by atoms with Crippen LogP contribution < -0.4 is 15.4 Å². The molecule has 142 valence electrons. The quantitative estimate of drug-likeness (QED) is 0.738. The van der Waals surface area contributed by atoms with E-state index >= 15 is 0 Å². The molecule has 1 aromatic rings. The third-order valence-electron chi connectivity index (χ3n) is 5.13. The standard InChI is InChI=1S/C17H23N3O5S/c1-25-14-6-4-3-5-12(14)10-18-15(21)13-9-17(16(22)19-13)7-8-20(11-17)26(2,23)24/h3-6,13H,7-11H2,1-2H3,(H,18,21)(H,19,22)/t13-,17-/m0/s1. The zero-order chi connectivity index (χ0) is 18.9. The molecule has 26 heavy (non-hydrogen) atoms. The van der Waals surface area contributed by atoms with Crippen LogP contribution in [0.25, 0.3) is 0 Å². The van der Waals surface area contributed by atoms with Crippen molar-refractivity contribution >= 4 is 21.8 Å². The van der Waals surface area contributed by atoms with Crippen LogP contribution >= 0.6 is 0 Å². The molecule has 1 aromatic carbocycles. The van der Waals surface area contributed by atoms with E-state index in [0.717, 1.165) is 11.8 Å². The van der Waals surface area contributed by atoms with E-state index in [1.807, 2.05) is 24.3 Å². The highest BCUT2D eigenvalue weighted by molar-refractivity contribution is 7.88. The van der Waals surface area contributed by atoms with Crippen molar-refractivity contribution in [1.29, 1.82) is 0 Å². The summed E-state index contributed by atoms with van der Waals surface area (Å²) in [5.41, 5.74) is 0.0294. The molecule has 3 rings (SSSR count). The number of carbonyl (C=O) groups is 2. The number of amides is 2. The van der Waals surface area contributed by atoms with Crippen LogP contribution in [0, 0.1) is 5.41 Å². The minimum atomic E-state index is -3.34. The summed E-state index contributed by atoms with van der Waals surface area (Å²) < 4.78 is 30.0. The molecule has 2 N–H and O–H groups in total. The lowest BCUT2D eigenvalue weighted by molar-refractivity contribution is -0.128. The molecule has 0 aromatic heterocycles. The number of nitrogens with zero attached hydrogens (tertiary/aromatic N) is 1. The summed E-state index contributed by atoms with van der Waals surface area (Å²) in [7, 11) is -1.78. The smallest absolute Gasteiger partial charge is 0.242 e. The van der Waals surface area contributed by atoms with Gasteiger partial charge in [-0.15, -0.1) is 0 Å². The number of rotatable bonds is 5. The van der Waals surface area contributed by atoms with Crippen LogP contribution in [0.5, 0.6) is 5.75 Å². The van der Waals surface area contributed by atoms with Crippen molar-refractivity contribution in [2.75, 3.05) is 26.5 Å². The van der Waals surface area contributed by atoms with Gasteiger partial charge in [0.15, 0.2) is 0 Å². The second kappa shape index (κ2) is 6.88. The SMILES string of the molecule is COc1ccccc1CNC(=O)[C@@H]1C[C@]2(CCN(S(C)(=O)=O)C2)C(=O)N1. The Morgan fingerprint density at radius 1 is 1.42 bits per heavy atom. The number of benzene rings is 1. The van der Waals surface area contributed by atoms with Gasteiger partial charge in [0.1, 0.15) is 11.8 Å². The van der Waals surface area contributed by atoms with Gasteiger partial charge in [-0.3, -0.25) is 9.59 Å². The fourth-order valence-corrected chi connectivity index (χ4v) is 4.53. The van der Waals surface area contributed by atoms with Gasteiger partial charge in [-0.25, -0.2) is 12.7 Å². The van der Waals surface area contributed by atoms with Crippen molar-refractivity contribution in [2.45, 2.75) is 25.4 Å². The van der Waals surface area contributed by atoms with Crippen LogP contribution in [0.4, 0.5) is 0 Å². The lowest BCUT2D eigenvalue weighted by atomic mass is 9.84. The van der Waals surface area contributed by atoms with Gasteiger partial charge in [0.2, 0.25) is 21.8 Å². The first-order valence-electron chi connectivity index (χ1n) is 8.41. The number of methoxy groups -OCH3 is 1. The fourth-order valence-electron chi connectivity index (χ4n) is 3.63. The summed E-state index contributed by atoms with van der Waals surface area (Å²) in [5, 5.41) is 5.54. The van der Waals surface area contributed by atoms with Gasteiger partial charge in [-0.2, -0.15) is 0 Å². The maximum absolute atomic E-state index is 12.5. The summed E-state index contributed by atoms with van der Waals surface area (Å²) in [6.07, 6.45) is 1.87. The predicted octanol–water partition coefficient (Wildman–Crippen LogP) is -0.148. The highest BCUT2D eigenvalue weighted by atomic mass is 32.2.